The smallest absolute Gasteiger partial charge is 0.206 e. The van der Waals surface area contributed by atoms with Crippen molar-refractivity contribution < 1.29 is 13.2 Å². The molecule has 0 amide bonds. The number of fused-ring (bicyclic) bond motifs is 1. The fourth-order valence-electron chi connectivity index (χ4n) is 2.04. The zero-order valence-corrected chi connectivity index (χ0v) is 12.0. The summed E-state index contributed by atoms with van der Waals surface area (Å²) in [6.45, 7) is 0.0125. The summed E-state index contributed by atoms with van der Waals surface area (Å²) in [5.41, 5.74) is 0.710. The lowest BCUT2D eigenvalue weighted by Crippen LogP contribution is -2.08. The highest BCUT2D eigenvalue weighted by Gasteiger charge is 2.29. The molecule has 3 rings (SSSR count). The van der Waals surface area contributed by atoms with Gasteiger partial charge in [0.1, 0.15) is 12.4 Å². The molecule has 0 saturated carbocycles. The standard InChI is InChI=1S/C15H11ClO3S/c16-12-5-7-13(8-6-12)19-10-14-9-11-3-1-2-4-15(11)20(14,17)18/h1-9H,10H2. The van der Waals surface area contributed by atoms with Crippen LogP contribution in [-0.2, 0) is 9.84 Å². The first-order valence-corrected chi connectivity index (χ1v) is 7.86. The van der Waals surface area contributed by atoms with Gasteiger partial charge in [0.2, 0.25) is 9.84 Å². The molecule has 0 fully saturated rings. The molecule has 0 N–H and O–H groups in total. The molecule has 0 bridgehead atoms. The Kier molecular flexibility index (Phi) is 3.28. The van der Waals surface area contributed by atoms with Crippen LogP contribution < -0.4 is 4.74 Å². The lowest BCUT2D eigenvalue weighted by Gasteiger charge is -2.07. The number of halogens is 1. The van der Waals surface area contributed by atoms with Crippen LogP contribution in [0.4, 0.5) is 0 Å². The monoisotopic (exact) mass is 306 g/mol. The first-order chi connectivity index (χ1) is 9.57. The van der Waals surface area contributed by atoms with E-state index in [1.807, 2.05) is 6.07 Å². The third-order valence-electron chi connectivity index (χ3n) is 3.06. The van der Waals surface area contributed by atoms with Gasteiger partial charge in [-0.25, -0.2) is 8.42 Å². The molecule has 5 heteroatoms. The van der Waals surface area contributed by atoms with Crippen LogP contribution in [0.1, 0.15) is 5.56 Å². The van der Waals surface area contributed by atoms with Crippen molar-refractivity contribution in [2.24, 2.45) is 0 Å². The summed E-state index contributed by atoms with van der Waals surface area (Å²) >= 11 is 5.78. The van der Waals surface area contributed by atoms with Gasteiger partial charge >= 0.3 is 0 Å². The van der Waals surface area contributed by atoms with Gasteiger partial charge in [-0.3, -0.25) is 0 Å². The summed E-state index contributed by atoms with van der Waals surface area (Å²) in [6.07, 6.45) is 1.65. The summed E-state index contributed by atoms with van der Waals surface area (Å²) < 4.78 is 30.1. The molecule has 20 heavy (non-hydrogen) atoms. The van der Waals surface area contributed by atoms with Gasteiger partial charge < -0.3 is 4.74 Å². The Morgan fingerprint density at radius 3 is 2.40 bits per heavy atom. The summed E-state index contributed by atoms with van der Waals surface area (Å²) in [5.74, 6) is 0.585. The van der Waals surface area contributed by atoms with Gasteiger partial charge in [-0.15, -0.1) is 0 Å². The lowest BCUT2D eigenvalue weighted by molar-refractivity contribution is 0.359. The second-order valence-electron chi connectivity index (χ2n) is 4.39. The van der Waals surface area contributed by atoms with E-state index in [0.717, 1.165) is 0 Å². The molecular weight excluding hydrogens is 296 g/mol. The Bertz CT molecular complexity index is 777. The minimum Gasteiger partial charge on any atom is -0.488 e. The van der Waals surface area contributed by atoms with Gasteiger partial charge in [-0.1, -0.05) is 29.8 Å². The third-order valence-corrected chi connectivity index (χ3v) is 5.19. The molecule has 2 aromatic rings. The van der Waals surface area contributed by atoms with Crippen molar-refractivity contribution >= 4 is 27.5 Å². The molecule has 3 nitrogen and oxygen atoms in total. The van der Waals surface area contributed by atoms with E-state index in [4.69, 9.17) is 16.3 Å². The fourth-order valence-corrected chi connectivity index (χ4v) is 3.64. The third kappa shape index (κ3) is 2.32. The van der Waals surface area contributed by atoms with Crippen LogP contribution in [0.15, 0.2) is 58.3 Å². The highest BCUT2D eigenvalue weighted by atomic mass is 35.5. The molecule has 0 aromatic heterocycles. The maximum Gasteiger partial charge on any atom is 0.206 e. The number of rotatable bonds is 3. The lowest BCUT2D eigenvalue weighted by atomic mass is 10.2. The Labute approximate surface area is 122 Å². The zero-order chi connectivity index (χ0) is 14.2. The predicted octanol–water partition coefficient (Wildman–Crippen LogP) is 3.55. The second kappa shape index (κ2) is 4.96. The molecule has 1 heterocycles. The van der Waals surface area contributed by atoms with Crippen LogP contribution >= 0.6 is 11.6 Å². The molecule has 0 spiro atoms. The van der Waals surface area contributed by atoms with Crippen LogP contribution in [0, 0.1) is 0 Å². The molecule has 0 saturated heterocycles. The van der Waals surface area contributed by atoms with Crippen LogP contribution in [0.5, 0.6) is 5.75 Å². The number of benzene rings is 2. The summed E-state index contributed by atoms with van der Waals surface area (Å²) in [6, 6.07) is 13.7. The molecule has 1 aliphatic rings. The summed E-state index contributed by atoms with van der Waals surface area (Å²) in [4.78, 5) is 0.614. The topological polar surface area (TPSA) is 43.4 Å². The van der Waals surface area contributed by atoms with Crippen molar-refractivity contribution in [2.75, 3.05) is 6.61 Å². The van der Waals surface area contributed by atoms with Crippen LogP contribution in [-0.4, -0.2) is 15.0 Å². The first-order valence-electron chi connectivity index (χ1n) is 6.00. The quantitative estimate of drug-likeness (QED) is 0.871. The average molecular weight is 307 g/mol. The SMILES string of the molecule is O=S1(=O)C(COc2ccc(Cl)cc2)=Cc2ccccc21. The van der Waals surface area contributed by atoms with E-state index in [2.05, 4.69) is 0 Å². The Hall–Kier alpha value is -1.78. The van der Waals surface area contributed by atoms with E-state index in [1.54, 1.807) is 48.5 Å². The molecule has 1 aliphatic heterocycles. The van der Waals surface area contributed by atoms with Crippen LogP contribution in [0.3, 0.4) is 0 Å². The van der Waals surface area contributed by atoms with Crippen LogP contribution in [0.2, 0.25) is 5.02 Å². The Morgan fingerprint density at radius 2 is 1.70 bits per heavy atom. The van der Waals surface area contributed by atoms with Gasteiger partial charge in [0.25, 0.3) is 0 Å². The molecule has 0 radical (unpaired) electrons. The van der Waals surface area contributed by atoms with Gasteiger partial charge in [0.05, 0.1) is 9.80 Å². The van der Waals surface area contributed by atoms with E-state index in [0.29, 0.717) is 21.2 Å². The number of hydrogen-bond acceptors (Lipinski definition) is 3. The largest absolute Gasteiger partial charge is 0.488 e. The first kappa shape index (κ1) is 13.2. The Balaban J connectivity index is 1.82. The average Bonchev–Trinajstić information content (AvgIpc) is 2.70. The van der Waals surface area contributed by atoms with E-state index in [1.165, 1.54) is 0 Å². The molecule has 2 aromatic carbocycles. The van der Waals surface area contributed by atoms with Crippen molar-refractivity contribution in [3.05, 3.63) is 64.0 Å². The van der Waals surface area contributed by atoms with Gasteiger partial charge in [0, 0.05) is 5.02 Å². The molecular formula is C15H11ClO3S. The molecule has 0 atom stereocenters. The number of ether oxygens (including phenoxy) is 1. The Morgan fingerprint density at radius 1 is 1.00 bits per heavy atom. The maximum absolute atomic E-state index is 12.3. The maximum atomic E-state index is 12.3. The number of hydrogen-bond donors (Lipinski definition) is 0. The normalized spacial score (nSPS) is 15.6. The predicted molar refractivity (Wildman–Crippen MR) is 78.6 cm³/mol. The second-order valence-corrected chi connectivity index (χ2v) is 6.80. The fraction of sp³-hybridized carbons (Fsp3) is 0.0667. The van der Waals surface area contributed by atoms with Gasteiger partial charge in [-0.2, -0.15) is 0 Å². The van der Waals surface area contributed by atoms with Crippen molar-refractivity contribution in [1.29, 1.82) is 0 Å². The van der Waals surface area contributed by atoms with Crippen molar-refractivity contribution in [3.8, 4) is 5.75 Å². The number of sulfone groups is 1. The van der Waals surface area contributed by atoms with E-state index in [9.17, 15) is 8.42 Å². The molecule has 0 unspecified atom stereocenters. The minimum atomic E-state index is -3.41. The van der Waals surface area contributed by atoms with Gasteiger partial charge in [-0.05, 0) is 42.0 Å². The van der Waals surface area contributed by atoms with E-state index >= 15 is 0 Å². The zero-order valence-electron chi connectivity index (χ0n) is 10.4. The van der Waals surface area contributed by atoms with Crippen LogP contribution in [0.25, 0.3) is 6.08 Å². The van der Waals surface area contributed by atoms with Crippen molar-refractivity contribution in [3.63, 3.8) is 0 Å². The minimum absolute atomic E-state index is 0.0125. The molecule has 0 aliphatic carbocycles. The highest BCUT2D eigenvalue weighted by molar-refractivity contribution is 7.95. The molecule has 102 valence electrons. The summed E-state index contributed by atoms with van der Waals surface area (Å²) in [7, 11) is -3.41. The van der Waals surface area contributed by atoms with E-state index in [-0.39, 0.29) is 11.5 Å². The van der Waals surface area contributed by atoms with Crippen molar-refractivity contribution in [1.82, 2.24) is 0 Å². The highest BCUT2D eigenvalue weighted by Crippen LogP contribution is 2.32. The van der Waals surface area contributed by atoms with E-state index < -0.39 is 9.84 Å². The summed E-state index contributed by atoms with van der Waals surface area (Å²) in [5, 5.41) is 0.609. The van der Waals surface area contributed by atoms with Gasteiger partial charge in [0.15, 0.2) is 0 Å². The van der Waals surface area contributed by atoms with Crippen molar-refractivity contribution in [2.45, 2.75) is 4.90 Å².